The van der Waals surface area contributed by atoms with Crippen molar-refractivity contribution in [2.45, 2.75) is 10.1 Å². The van der Waals surface area contributed by atoms with E-state index in [1.165, 1.54) is 33.4 Å². The fraction of sp³-hybridized carbons (Fsp3) is 0.0667. The van der Waals surface area contributed by atoms with Crippen LogP contribution in [0.15, 0.2) is 121 Å². The highest BCUT2D eigenvalue weighted by Crippen LogP contribution is 2.49. The van der Waals surface area contributed by atoms with Crippen LogP contribution >= 0.6 is 0 Å². The lowest BCUT2D eigenvalue weighted by Gasteiger charge is -2.39. The zero-order chi connectivity index (χ0) is 20.7. The molecule has 0 N–H and O–H groups in total. The van der Waals surface area contributed by atoms with Crippen molar-refractivity contribution in [2.24, 2.45) is 0 Å². The largest absolute Gasteiger partial charge is 0.0880 e. The Hall–Kier alpha value is -3.42. The van der Waals surface area contributed by atoms with Gasteiger partial charge in [0.25, 0.3) is 0 Å². The van der Waals surface area contributed by atoms with Crippen molar-refractivity contribution >= 4 is 21.7 Å². The van der Waals surface area contributed by atoms with Crippen LogP contribution < -0.4 is 0 Å². The normalized spacial score (nSPS) is 23.0. The van der Waals surface area contributed by atoms with E-state index in [4.69, 9.17) is 0 Å². The second kappa shape index (κ2) is 7.07. The first-order valence-corrected chi connectivity index (χ1v) is 11.8. The second-order valence-corrected chi connectivity index (χ2v) is 10.1. The van der Waals surface area contributed by atoms with Crippen molar-refractivity contribution in [3.05, 3.63) is 155 Å². The van der Waals surface area contributed by atoms with Crippen molar-refractivity contribution in [1.82, 2.24) is 0 Å². The first-order valence-electron chi connectivity index (χ1n) is 10.8. The second-order valence-electron chi connectivity index (χ2n) is 8.31. The van der Waals surface area contributed by atoms with Gasteiger partial charge >= 0.3 is 0 Å². The van der Waals surface area contributed by atoms with Crippen LogP contribution in [0.2, 0.25) is 0 Å². The van der Waals surface area contributed by atoms with Gasteiger partial charge in [-0.15, -0.1) is 0 Å². The minimum atomic E-state index is -0.157. The van der Waals surface area contributed by atoms with Crippen LogP contribution in [0.1, 0.15) is 33.4 Å². The van der Waals surface area contributed by atoms with Gasteiger partial charge in [0.15, 0.2) is 0 Å². The maximum atomic E-state index is 2.45. The van der Waals surface area contributed by atoms with E-state index in [0.29, 0.717) is 9.52 Å². The summed E-state index contributed by atoms with van der Waals surface area (Å²) >= 11 is 0. The molecule has 0 aliphatic heterocycles. The van der Waals surface area contributed by atoms with Gasteiger partial charge in [-0.3, -0.25) is 0 Å². The predicted molar refractivity (Wildman–Crippen MR) is 131 cm³/mol. The van der Waals surface area contributed by atoms with Crippen LogP contribution in [0.25, 0.3) is 12.2 Å². The van der Waals surface area contributed by atoms with Crippen molar-refractivity contribution in [3.8, 4) is 0 Å². The summed E-state index contributed by atoms with van der Waals surface area (Å²) in [4.78, 5) is 0. The molecule has 31 heavy (non-hydrogen) atoms. The summed E-state index contributed by atoms with van der Waals surface area (Å²) in [5.41, 5.74) is 8.21. The standard InChI is InChI=1S/C30H22Si/c1-3-13-25(14-4-1)29(21-19-23-11-7-9-17-27(23)29)31-30(26-15-5-2-6-16-26)22-20-24-12-8-10-18-28(24)30/h1-22H. The lowest BCUT2D eigenvalue weighted by molar-refractivity contribution is 0.832. The molecule has 0 saturated heterocycles. The Bertz CT molecular complexity index is 1200. The molecule has 0 nitrogen and oxygen atoms in total. The van der Waals surface area contributed by atoms with Gasteiger partial charge in [-0.2, -0.15) is 0 Å². The summed E-state index contributed by atoms with van der Waals surface area (Å²) in [7, 11) is 0.595. The fourth-order valence-corrected chi connectivity index (χ4v) is 7.49. The number of hydrogen-bond acceptors (Lipinski definition) is 0. The van der Waals surface area contributed by atoms with Crippen molar-refractivity contribution in [1.29, 1.82) is 0 Å². The average Bonchev–Trinajstić information content (AvgIpc) is 3.41. The molecule has 0 spiro atoms. The van der Waals surface area contributed by atoms with E-state index in [1.54, 1.807) is 0 Å². The van der Waals surface area contributed by atoms with Gasteiger partial charge in [0, 0.05) is 10.1 Å². The summed E-state index contributed by atoms with van der Waals surface area (Å²) in [6.07, 6.45) is 9.53. The summed E-state index contributed by atoms with van der Waals surface area (Å²) in [6.45, 7) is 0. The molecule has 4 aromatic rings. The molecule has 0 heterocycles. The van der Waals surface area contributed by atoms with Gasteiger partial charge < -0.3 is 0 Å². The van der Waals surface area contributed by atoms with Crippen LogP contribution in [0.3, 0.4) is 0 Å². The van der Waals surface area contributed by atoms with Crippen LogP contribution in [0.4, 0.5) is 0 Å². The van der Waals surface area contributed by atoms with E-state index in [9.17, 15) is 0 Å². The monoisotopic (exact) mass is 410 g/mol. The SMILES string of the molecule is C1=CC([Si]C2(c3ccccc3)C=Cc3ccccc32)(c2ccccc2)c2ccccc21. The van der Waals surface area contributed by atoms with Crippen LogP contribution in [-0.4, -0.2) is 9.52 Å². The Morgan fingerprint density at radius 1 is 0.419 bits per heavy atom. The van der Waals surface area contributed by atoms with Gasteiger partial charge in [-0.1, -0.05) is 133 Å². The smallest absolute Gasteiger partial charge is 0.0723 e. The third-order valence-electron chi connectivity index (χ3n) is 6.65. The molecule has 0 saturated carbocycles. The van der Waals surface area contributed by atoms with E-state index in [1.807, 2.05) is 0 Å². The molecule has 2 radical (unpaired) electrons. The summed E-state index contributed by atoms with van der Waals surface area (Å²) < 4.78 is 0. The molecule has 0 aromatic heterocycles. The van der Waals surface area contributed by atoms with Gasteiger partial charge in [0.05, 0.1) is 9.52 Å². The average molecular weight is 411 g/mol. The molecule has 2 aliphatic rings. The number of rotatable bonds is 4. The summed E-state index contributed by atoms with van der Waals surface area (Å²) in [5, 5.41) is -0.315. The maximum Gasteiger partial charge on any atom is 0.0880 e. The number of allylic oxidation sites excluding steroid dienone is 2. The van der Waals surface area contributed by atoms with E-state index in [-0.39, 0.29) is 10.1 Å². The molecule has 1 heteroatoms. The number of hydrogen-bond donors (Lipinski definition) is 0. The minimum Gasteiger partial charge on any atom is -0.0723 e. The highest BCUT2D eigenvalue weighted by atomic mass is 28.2. The molecule has 2 unspecified atom stereocenters. The predicted octanol–water partition coefficient (Wildman–Crippen LogP) is 6.63. The minimum absolute atomic E-state index is 0.157. The van der Waals surface area contributed by atoms with Crippen LogP contribution in [-0.2, 0) is 10.1 Å². The molecular formula is C30H22Si. The van der Waals surface area contributed by atoms with Crippen molar-refractivity contribution in [3.63, 3.8) is 0 Å². The Kier molecular flexibility index (Phi) is 4.19. The summed E-state index contributed by atoms with van der Waals surface area (Å²) in [5.74, 6) is 0. The van der Waals surface area contributed by atoms with Gasteiger partial charge in [0.1, 0.15) is 0 Å². The highest BCUT2D eigenvalue weighted by Gasteiger charge is 2.47. The Balaban J connectivity index is 1.62. The van der Waals surface area contributed by atoms with Gasteiger partial charge in [-0.05, 0) is 33.4 Å². The molecule has 4 aromatic carbocycles. The Morgan fingerprint density at radius 3 is 1.26 bits per heavy atom. The zero-order valence-electron chi connectivity index (χ0n) is 17.2. The Labute approximate surface area is 186 Å². The zero-order valence-corrected chi connectivity index (χ0v) is 18.2. The molecule has 0 bridgehead atoms. The molecule has 146 valence electrons. The first-order chi connectivity index (χ1) is 15.3. The molecule has 0 amide bonds. The molecule has 0 fully saturated rings. The maximum absolute atomic E-state index is 2.45. The van der Waals surface area contributed by atoms with Crippen LogP contribution in [0.5, 0.6) is 0 Å². The van der Waals surface area contributed by atoms with E-state index >= 15 is 0 Å². The third kappa shape index (κ3) is 2.74. The van der Waals surface area contributed by atoms with E-state index in [2.05, 4.69) is 133 Å². The topological polar surface area (TPSA) is 0 Å². The number of fused-ring (bicyclic) bond motifs is 2. The molecule has 6 rings (SSSR count). The van der Waals surface area contributed by atoms with E-state index < -0.39 is 0 Å². The van der Waals surface area contributed by atoms with Gasteiger partial charge in [0.2, 0.25) is 0 Å². The number of benzene rings is 4. The summed E-state index contributed by atoms with van der Waals surface area (Å²) in [6, 6.07) is 39.9. The quantitative estimate of drug-likeness (QED) is 0.331. The third-order valence-corrected chi connectivity index (χ3v) is 8.89. The van der Waals surface area contributed by atoms with Gasteiger partial charge in [-0.25, -0.2) is 0 Å². The molecule has 2 aliphatic carbocycles. The van der Waals surface area contributed by atoms with Crippen molar-refractivity contribution in [2.75, 3.05) is 0 Å². The van der Waals surface area contributed by atoms with Crippen LogP contribution in [0, 0.1) is 0 Å². The van der Waals surface area contributed by atoms with Crippen molar-refractivity contribution < 1.29 is 0 Å². The van der Waals surface area contributed by atoms with E-state index in [0.717, 1.165) is 0 Å². The molecular weight excluding hydrogens is 388 g/mol. The lowest BCUT2D eigenvalue weighted by atomic mass is 9.90. The Morgan fingerprint density at radius 2 is 0.806 bits per heavy atom. The first kappa shape index (κ1) is 18.4. The fourth-order valence-electron chi connectivity index (χ4n) is 5.19. The molecule has 2 atom stereocenters. The highest BCUT2D eigenvalue weighted by molar-refractivity contribution is 6.50. The lowest BCUT2D eigenvalue weighted by Crippen LogP contribution is -2.45.